The zero-order valence-corrected chi connectivity index (χ0v) is 15.7. The smallest absolute Gasteiger partial charge is 0.111 e. The van der Waals surface area contributed by atoms with Gasteiger partial charge in [0, 0.05) is 35.0 Å². The molecule has 1 aliphatic rings. The van der Waals surface area contributed by atoms with Gasteiger partial charge in [0.1, 0.15) is 5.01 Å². The molecule has 0 radical (unpaired) electrons. The monoisotopic (exact) mass is 327 g/mol. The fourth-order valence-electron chi connectivity index (χ4n) is 2.41. The van der Waals surface area contributed by atoms with Crippen LogP contribution in [-0.4, -0.2) is 40.5 Å². The zero-order chi connectivity index (χ0) is 15.5. The van der Waals surface area contributed by atoms with Crippen molar-refractivity contribution in [3.05, 3.63) is 15.6 Å². The first-order valence-corrected chi connectivity index (χ1v) is 9.89. The summed E-state index contributed by atoms with van der Waals surface area (Å²) in [5, 5.41) is 4.93. The summed E-state index contributed by atoms with van der Waals surface area (Å²) < 4.78 is 0. The molecule has 1 aromatic heterocycles. The molecule has 1 aromatic rings. The van der Waals surface area contributed by atoms with Crippen molar-refractivity contribution in [3.63, 3.8) is 0 Å². The first-order chi connectivity index (χ1) is 9.90. The largest absolute Gasteiger partial charge is 0.307 e. The Morgan fingerprint density at radius 3 is 2.76 bits per heavy atom. The third kappa shape index (κ3) is 4.95. The Balaban J connectivity index is 2.15. The van der Waals surface area contributed by atoms with Gasteiger partial charge in [-0.2, -0.15) is 11.8 Å². The Hall–Kier alpha value is -0.100. The number of aryl methyl sites for hydroxylation is 1. The first-order valence-electron chi connectivity index (χ1n) is 7.92. The van der Waals surface area contributed by atoms with Crippen LogP contribution in [0.4, 0.5) is 0 Å². The number of thioether (sulfide) groups is 1. The van der Waals surface area contributed by atoms with E-state index >= 15 is 0 Å². The zero-order valence-electron chi connectivity index (χ0n) is 14.0. The highest BCUT2D eigenvalue weighted by molar-refractivity contribution is 7.99. The molecule has 1 aliphatic heterocycles. The highest BCUT2D eigenvalue weighted by Crippen LogP contribution is 2.33. The van der Waals surface area contributed by atoms with Gasteiger partial charge in [-0.25, -0.2) is 4.98 Å². The summed E-state index contributed by atoms with van der Waals surface area (Å²) in [5.41, 5.74) is 1.48. The second-order valence-corrected chi connectivity index (χ2v) is 9.11. The SMILES string of the molecule is CCCc1nc(C2CSCCN2C)sc1CNC(C)(C)C. The minimum atomic E-state index is 0.158. The Morgan fingerprint density at radius 1 is 1.38 bits per heavy atom. The normalized spacial score (nSPS) is 20.9. The fraction of sp³-hybridized carbons (Fsp3) is 0.812. The fourth-order valence-corrected chi connectivity index (χ4v) is 4.95. The molecule has 0 spiro atoms. The quantitative estimate of drug-likeness (QED) is 0.892. The molecule has 2 rings (SSSR count). The molecule has 1 unspecified atom stereocenters. The number of thiazole rings is 1. The van der Waals surface area contributed by atoms with Crippen molar-refractivity contribution in [3.8, 4) is 0 Å². The molecule has 1 N–H and O–H groups in total. The average Bonchev–Trinajstić information content (AvgIpc) is 2.80. The lowest BCUT2D eigenvalue weighted by atomic mass is 10.1. The molecule has 5 heteroatoms. The Morgan fingerprint density at radius 2 is 2.14 bits per heavy atom. The van der Waals surface area contributed by atoms with Crippen LogP contribution in [0.15, 0.2) is 0 Å². The van der Waals surface area contributed by atoms with E-state index < -0.39 is 0 Å². The van der Waals surface area contributed by atoms with Crippen molar-refractivity contribution in [1.29, 1.82) is 0 Å². The molecule has 0 aromatic carbocycles. The minimum absolute atomic E-state index is 0.158. The van der Waals surface area contributed by atoms with Gasteiger partial charge < -0.3 is 5.32 Å². The van der Waals surface area contributed by atoms with Gasteiger partial charge in [-0.1, -0.05) is 13.3 Å². The molecule has 120 valence electrons. The maximum absolute atomic E-state index is 5.00. The lowest BCUT2D eigenvalue weighted by Crippen LogP contribution is -2.35. The highest BCUT2D eigenvalue weighted by atomic mass is 32.2. The van der Waals surface area contributed by atoms with Gasteiger partial charge in [0.2, 0.25) is 0 Å². The lowest BCUT2D eigenvalue weighted by molar-refractivity contribution is 0.274. The van der Waals surface area contributed by atoms with E-state index in [0.717, 1.165) is 13.0 Å². The van der Waals surface area contributed by atoms with E-state index in [2.05, 4.69) is 56.7 Å². The van der Waals surface area contributed by atoms with E-state index in [0.29, 0.717) is 6.04 Å². The Bertz CT molecular complexity index is 451. The van der Waals surface area contributed by atoms with E-state index in [-0.39, 0.29) is 5.54 Å². The summed E-state index contributed by atoms with van der Waals surface area (Å²) in [5.74, 6) is 2.43. The summed E-state index contributed by atoms with van der Waals surface area (Å²) >= 11 is 3.98. The van der Waals surface area contributed by atoms with Crippen LogP contribution in [-0.2, 0) is 13.0 Å². The van der Waals surface area contributed by atoms with Crippen LogP contribution in [0.3, 0.4) is 0 Å². The number of aromatic nitrogens is 1. The summed E-state index contributed by atoms with van der Waals surface area (Å²) in [6.07, 6.45) is 2.27. The minimum Gasteiger partial charge on any atom is -0.307 e. The van der Waals surface area contributed by atoms with Crippen LogP contribution in [0.5, 0.6) is 0 Å². The molecular weight excluding hydrogens is 298 g/mol. The summed E-state index contributed by atoms with van der Waals surface area (Å²) in [4.78, 5) is 8.90. The van der Waals surface area contributed by atoms with Gasteiger partial charge in [0.15, 0.2) is 0 Å². The predicted molar refractivity (Wildman–Crippen MR) is 95.4 cm³/mol. The molecule has 1 fully saturated rings. The molecule has 1 saturated heterocycles. The summed E-state index contributed by atoms with van der Waals surface area (Å²) in [6.45, 7) is 11.0. The van der Waals surface area contributed by atoms with Gasteiger partial charge in [-0.3, -0.25) is 4.90 Å². The standard InChI is InChI=1S/C16H29N3S2/c1-6-7-12-14(10-17-16(2,3)4)21-15(18-12)13-11-20-9-8-19(13)5/h13,17H,6-11H2,1-5H3. The van der Waals surface area contributed by atoms with Crippen LogP contribution in [0, 0.1) is 0 Å². The molecule has 3 nitrogen and oxygen atoms in total. The summed E-state index contributed by atoms with van der Waals surface area (Å²) in [6, 6.07) is 0.507. The van der Waals surface area contributed by atoms with E-state index in [1.54, 1.807) is 0 Å². The predicted octanol–water partition coefficient (Wildman–Crippen LogP) is 3.70. The van der Waals surface area contributed by atoms with E-state index in [9.17, 15) is 0 Å². The van der Waals surface area contributed by atoms with Crippen molar-refractivity contribution in [1.82, 2.24) is 15.2 Å². The second-order valence-electron chi connectivity index (χ2n) is 6.85. The Kier molecular flexibility index (Phi) is 6.12. The molecule has 2 heterocycles. The molecule has 0 aliphatic carbocycles. The number of hydrogen-bond donors (Lipinski definition) is 1. The van der Waals surface area contributed by atoms with Crippen LogP contribution in [0.2, 0.25) is 0 Å². The number of rotatable bonds is 5. The van der Waals surface area contributed by atoms with E-state index in [4.69, 9.17) is 4.98 Å². The third-order valence-electron chi connectivity index (χ3n) is 3.74. The van der Waals surface area contributed by atoms with Crippen molar-refractivity contribution in [2.24, 2.45) is 0 Å². The van der Waals surface area contributed by atoms with Crippen LogP contribution >= 0.6 is 23.1 Å². The van der Waals surface area contributed by atoms with Gasteiger partial charge >= 0.3 is 0 Å². The van der Waals surface area contributed by atoms with Crippen LogP contribution in [0.1, 0.15) is 55.7 Å². The summed E-state index contributed by atoms with van der Waals surface area (Å²) in [7, 11) is 2.23. The van der Waals surface area contributed by atoms with Gasteiger partial charge in [0.05, 0.1) is 11.7 Å². The second kappa shape index (κ2) is 7.44. The topological polar surface area (TPSA) is 28.2 Å². The maximum Gasteiger partial charge on any atom is 0.111 e. The van der Waals surface area contributed by atoms with Crippen molar-refractivity contribution < 1.29 is 0 Å². The number of hydrogen-bond acceptors (Lipinski definition) is 5. The number of nitrogens with zero attached hydrogens (tertiary/aromatic N) is 2. The molecule has 1 atom stereocenters. The van der Waals surface area contributed by atoms with Crippen molar-refractivity contribution >= 4 is 23.1 Å². The average molecular weight is 328 g/mol. The molecular formula is C16H29N3S2. The van der Waals surface area contributed by atoms with Crippen molar-refractivity contribution in [2.45, 2.75) is 58.7 Å². The first kappa shape index (κ1) is 17.3. The van der Waals surface area contributed by atoms with Gasteiger partial charge in [-0.05, 0) is 34.2 Å². The van der Waals surface area contributed by atoms with Gasteiger partial charge in [0.25, 0.3) is 0 Å². The van der Waals surface area contributed by atoms with Gasteiger partial charge in [-0.15, -0.1) is 11.3 Å². The third-order valence-corrected chi connectivity index (χ3v) is 5.96. The molecule has 0 amide bonds. The number of nitrogens with one attached hydrogen (secondary N) is 1. The molecule has 0 saturated carbocycles. The Labute approximate surface area is 137 Å². The van der Waals surface area contributed by atoms with Crippen LogP contribution < -0.4 is 5.32 Å². The maximum atomic E-state index is 5.00. The molecule has 0 bridgehead atoms. The van der Waals surface area contributed by atoms with Crippen LogP contribution in [0.25, 0.3) is 0 Å². The van der Waals surface area contributed by atoms with Crippen molar-refractivity contribution in [2.75, 3.05) is 25.1 Å². The molecule has 21 heavy (non-hydrogen) atoms. The lowest BCUT2D eigenvalue weighted by Gasteiger charge is -2.30. The van der Waals surface area contributed by atoms with E-state index in [1.165, 1.54) is 40.0 Å². The highest BCUT2D eigenvalue weighted by Gasteiger charge is 2.25. The van der Waals surface area contributed by atoms with E-state index in [1.807, 2.05) is 11.3 Å².